The van der Waals surface area contributed by atoms with E-state index < -0.39 is 0 Å². The monoisotopic (exact) mass is 202 g/mol. The predicted molar refractivity (Wildman–Crippen MR) is 49.7 cm³/mol. The molecule has 0 aliphatic rings. The van der Waals surface area contributed by atoms with Gasteiger partial charge in [-0.1, -0.05) is 0 Å². The molecule has 0 fully saturated rings. The number of carbonyl (C=O) groups excluding carboxylic acids is 1. The largest absolute Gasteiger partial charge is 0.440 e. The Morgan fingerprint density at radius 2 is 2.38 bits per heavy atom. The molecule has 0 atom stereocenters. The number of likely N-dealkylation sites (N-methyl/N-ethyl adjacent to an activating group) is 1. The van der Waals surface area contributed by atoms with Crippen LogP contribution in [-0.2, 0) is 0 Å². The Hall–Kier alpha value is -1.00. The summed E-state index contributed by atoms with van der Waals surface area (Å²) in [5, 5.41) is 0.212. The summed E-state index contributed by atoms with van der Waals surface area (Å²) in [4.78, 5) is 12.9. The van der Waals surface area contributed by atoms with Crippen molar-refractivity contribution in [2.45, 2.75) is 0 Å². The Balaban J connectivity index is 2.67. The molecule has 13 heavy (non-hydrogen) atoms. The first-order valence-electron chi connectivity index (χ1n) is 3.86. The minimum Gasteiger partial charge on any atom is -0.440 e. The molecule has 1 heterocycles. The fourth-order valence-electron chi connectivity index (χ4n) is 0.913. The number of nitrogens with zero attached hydrogens (tertiary/aromatic N) is 1. The lowest BCUT2D eigenvalue weighted by Gasteiger charge is -2.13. The van der Waals surface area contributed by atoms with E-state index in [2.05, 4.69) is 0 Å². The van der Waals surface area contributed by atoms with Crippen LogP contribution in [0.25, 0.3) is 0 Å². The lowest BCUT2D eigenvalue weighted by atomic mass is 10.4. The Bertz CT molecular complexity index is 298. The van der Waals surface area contributed by atoms with Gasteiger partial charge in [0, 0.05) is 20.1 Å². The van der Waals surface area contributed by atoms with E-state index in [0.717, 1.165) is 0 Å². The first-order chi connectivity index (χ1) is 6.15. The average molecular weight is 203 g/mol. The van der Waals surface area contributed by atoms with Gasteiger partial charge in [-0.2, -0.15) is 0 Å². The second-order valence-corrected chi connectivity index (χ2v) is 2.99. The number of hydrogen-bond donors (Lipinski definition) is 1. The van der Waals surface area contributed by atoms with Crippen molar-refractivity contribution in [3.05, 3.63) is 23.1 Å². The molecule has 2 N–H and O–H groups in total. The summed E-state index contributed by atoms with van der Waals surface area (Å²) in [6.07, 6.45) is 0. The molecular formula is C8H11ClN2O2. The summed E-state index contributed by atoms with van der Waals surface area (Å²) in [5.41, 5.74) is 5.30. The van der Waals surface area contributed by atoms with Gasteiger partial charge in [0.05, 0.1) is 0 Å². The molecule has 1 aromatic heterocycles. The number of carbonyl (C=O) groups is 1. The molecule has 1 amide bonds. The Morgan fingerprint density at radius 3 is 2.85 bits per heavy atom. The second kappa shape index (κ2) is 4.30. The van der Waals surface area contributed by atoms with Gasteiger partial charge in [0.2, 0.25) is 0 Å². The van der Waals surface area contributed by atoms with E-state index in [0.29, 0.717) is 13.1 Å². The summed E-state index contributed by atoms with van der Waals surface area (Å²) in [7, 11) is 1.66. The van der Waals surface area contributed by atoms with Gasteiger partial charge in [0.25, 0.3) is 5.91 Å². The quantitative estimate of drug-likeness (QED) is 0.795. The second-order valence-electron chi connectivity index (χ2n) is 2.62. The zero-order chi connectivity index (χ0) is 9.84. The van der Waals surface area contributed by atoms with Gasteiger partial charge < -0.3 is 15.1 Å². The molecule has 0 radical (unpaired) electrons. The van der Waals surface area contributed by atoms with Crippen LogP contribution >= 0.6 is 11.6 Å². The Labute approximate surface area is 81.3 Å². The van der Waals surface area contributed by atoms with Gasteiger partial charge in [-0.3, -0.25) is 4.79 Å². The number of furan rings is 1. The van der Waals surface area contributed by atoms with Gasteiger partial charge in [-0.05, 0) is 23.7 Å². The molecule has 4 nitrogen and oxygen atoms in total. The number of amides is 1. The minimum atomic E-state index is -0.211. The third kappa shape index (κ3) is 2.47. The van der Waals surface area contributed by atoms with Gasteiger partial charge in [-0.25, -0.2) is 0 Å². The van der Waals surface area contributed by atoms with Crippen molar-refractivity contribution < 1.29 is 9.21 Å². The van der Waals surface area contributed by atoms with E-state index in [1.807, 2.05) is 0 Å². The Kier molecular flexibility index (Phi) is 3.33. The van der Waals surface area contributed by atoms with Gasteiger partial charge in [0.1, 0.15) is 0 Å². The van der Waals surface area contributed by atoms with Crippen LogP contribution in [0.15, 0.2) is 16.5 Å². The number of halogens is 1. The molecule has 0 aromatic carbocycles. The van der Waals surface area contributed by atoms with Crippen LogP contribution in [0.1, 0.15) is 10.6 Å². The highest BCUT2D eigenvalue weighted by Gasteiger charge is 2.14. The molecule has 0 aliphatic heterocycles. The first kappa shape index (κ1) is 10.1. The van der Waals surface area contributed by atoms with E-state index >= 15 is 0 Å². The SMILES string of the molecule is CN(CCN)C(=O)c1ccc(Cl)o1. The molecule has 1 rings (SSSR count). The van der Waals surface area contributed by atoms with Crippen LogP contribution in [0, 0.1) is 0 Å². The van der Waals surface area contributed by atoms with Crippen molar-refractivity contribution in [3.8, 4) is 0 Å². The molecule has 0 aliphatic carbocycles. The normalized spacial score (nSPS) is 10.1. The number of hydrogen-bond acceptors (Lipinski definition) is 3. The van der Waals surface area contributed by atoms with Crippen molar-refractivity contribution in [1.29, 1.82) is 0 Å². The van der Waals surface area contributed by atoms with E-state index in [9.17, 15) is 4.79 Å². The van der Waals surface area contributed by atoms with Crippen LogP contribution in [0.2, 0.25) is 5.22 Å². The number of rotatable bonds is 3. The summed E-state index contributed by atoms with van der Waals surface area (Å²) in [5.74, 6) is 0.0262. The lowest BCUT2D eigenvalue weighted by molar-refractivity contribution is 0.0768. The predicted octanol–water partition coefficient (Wildman–Crippen LogP) is 0.964. The summed E-state index contributed by atoms with van der Waals surface area (Å²) in [6.45, 7) is 0.924. The maximum absolute atomic E-state index is 11.5. The van der Waals surface area contributed by atoms with Crippen molar-refractivity contribution in [1.82, 2.24) is 4.90 Å². The van der Waals surface area contributed by atoms with Crippen LogP contribution in [0.4, 0.5) is 0 Å². The minimum absolute atomic E-state index is 0.211. The van der Waals surface area contributed by atoms with Crippen LogP contribution < -0.4 is 5.73 Å². The maximum Gasteiger partial charge on any atom is 0.289 e. The van der Waals surface area contributed by atoms with E-state index in [1.54, 1.807) is 7.05 Å². The molecule has 0 saturated heterocycles. The fraction of sp³-hybridized carbons (Fsp3) is 0.375. The van der Waals surface area contributed by atoms with Crippen molar-refractivity contribution in [2.24, 2.45) is 5.73 Å². The Morgan fingerprint density at radius 1 is 1.69 bits per heavy atom. The van der Waals surface area contributed by atoms with Crippen LogP contribution in [0.5, 0.6) is 0 Å². The molecule has 1 aromatic rings. The van der Waals surface area contributed by atoms with Crippen LogP contribution in [-0.4, -0.2) is 30.9 Å². The molecule has 0 saturated carbocycles. The topological polar surface area (TPSA) is 59.5 Å². The van der Waals surface area contributed by atoms with Crippen molar-refractivity contribution in [2.75, 3.05) is 20.1 Å². The van der Waals surface area contributed by atoms with E-state index in [-0.39, 0.29) is 16.9 Å². The highest BCUT2D eigenvalue weighted by atomic mass is 35.5. The highest BCUT2D eigenvalue weighted by Crippen LogP contribution is 2.14. The number of nitrogens with two attached hydrogens (primary N) is 1. The third-order valence-corrected chi connectivity index (χ3v) is 1.80. The maximum atomic E-state index is 11.5. The summed E-state index contributed by atoms with van der Waals surface area (Å²) < 4.78 is 4.95. The van der Waals surface area contributed by atoms with Gasteiger partial charge in [0.15, 0.2) is 11.0 Å². The lowest BCUT2D eigenvalue weighted by Crippen LogP contribution is -2.31. The molecule has 0 unspecified atom stereocenters. The molecule has 5 heteroatoms. The molecule has 72 valence electrons. The average Bonchev–Trinajstić information content (AvgIpc) is 2.51. The van der Waals surface area contributed by atoms with E-state index in [1.165, 1.54) is 17.0 Å². The zero-order valence-electron chi connectivity index (χ0n) is 7.29. The first-order valence-corrected chi connectivity index (χ1v) is 4.24. The zero-order valence-corrected chi connectivity index (χ0v) is 8.04. The molecule has 0 bridgehead atoms. The molecule has 0 spiro atoms. The fourth-order valence-corrected chi connectivity index (χ4v) is 1.06. The standard InChI is InChI=1S/C8H11ClN2O2/c1-11(5-4-10)8(12)6-2-3-7(9)13-6/h2-3H,4-5,10H2,1H3. The third-order valence-electron chi connectivity index (χ3n) is 1.60. The highest BCUT2D eigenvalue weighted by molar-refractivity contribution is 6.29. The summed E-state index contributed by atoms with van der Waals surface area (Å²) in [6, 6.07) is 3.07. The summed E-state index contributed by atoms with van der Waals surface area (Å²) >= 11 is 5.52. The van der Waals surface area contributed by atoms with Crippen molar-refractivity contribution >= 4 is 17.5 Å². The van der Waals surface area contributed by atoms with E-state index in [4.69, 9.17) is 21.8 Å². The van der Waals surface area contributed by atoms with Crippen molar-refractivity contribution in [3.63, 3.8) is 0 Å². The smallest absolute Gasteiger partial charge is 0.289 e. The van der Waals surface area contributed by atoms with Gasteiger partial charge in [-0.15, -0.1) is 0 Å². The molecular weight excluding hydrogens is 192 g/mol. The van der Waals surface area contributed by atoms with Crippen LogP contribution in [0.3, 0.4) is 0 Å². The van der Waals surface area contributed by atoms with Gasteiger partial charge >= 0.3 is 0 Å².